The summed E-state index contributed by atoms with van der Waals surface area (Å²) in [4.78, 5) is 2.64. The van der Waals surface area contributed by atoms with Gasteiger partial charge in [-0.1, -0.05) is 37.3 Å². The maximum absolute atomic E-state index is 5.49. The number of benzene rings is 1. The number of nitrogens with zero attached hydrogens (tertiary/aromatic N) is 1. The molecule has 2 aliphatic rings. The van der Waals surface area contributed by atoms with Gasteiger partial charge in [0, 0.05) is 25.7 Å². The van der Waals surface area contributed by atoms with E-state index >= 15 is 0 Å². The van der Waals surface area contributed by atoms with Gasteiger partial charge in [0.2, 0.25) is 0 Å². The minimum atomic E-state index is 0.592. The highest BCUT2D eigenvalue weighted by Gasteiger charge is 2.23. The van der Waals surface area contributed by atoms with Crippen molar-refractivity contribution in [2.24, 2.45) is 5.92 Å². The lowest BCUT2D eigenvalue weighted by molar-refractivity contribution is 0.147. The van der Waals surface area contributed by atoms with Gasteiger partial charge in [-0.05, 0) is 49.8 Å². The normalized spacial score (nSPS) is 25.4. The summed E-state index contributed by atoms with van der Waals surface area (Å²) in [6, 6.07) is 11.5. The average molecular weight is 302 g/mol. The summed E-state index contributed by atoms with van der Waals surface area (Å²) in [5.41, 5.74) is 1.44. The number of hydrogen-bond donors (Lipinski definition) is 1. The molecule has 1 aromatic rings. The van der Waals surface area contributed by atoms with Gasteiger partial charge in [0.1, 0.15) is 0 Å². The molecule has 22 heavy (non-hydrogen) atoms. The van der Waals surface area contributed by atoms with Crippen molar-refractivity contribution in [1.29, 1.82) is 0 Å². The summed E-state index contributed by atoms with van der Waals surface area (Å²) < 4.78 is 5.49. The third-order valence-corrected chi connectivity index (χ3v) is 5.21. The number of ether oxygens (including phenoxy) is 1. The molecule has 1 aromatic carbocycles. The predicted octanol–water partition coefficient (Wildman–Crippen LogP) is 2.88. The Morgan fingerprint density at radius 2 is 1.95 bits per heavy atom. The van der Waals surface area contributed by atoms with E-state index in [2.05, 4.69) is 47.5 Å². The molecule has 2 heterocycles. The third kappa shape index (κ3) is 4.55. The van der Waals surface area contributed by atoms with Crippen LogP contribution in [0.4, 0.5) is 0 Å². The molecular weight excluding hydrogens is 272 g/mol. The van der Waals surface area contributed by atoms with Crippen LogP contribution in [0.5, 0.6) is 0 Å². The Morgan fingerprint density at radius 3 is 2.64 bits per heavy atom. The molecule has 3 rings (SSSR count). The van der Waals surface area contributed by atoms with Gasteiger partial charge in [-0.25, -0.2) is 0 Å². The van der Waals surface area contributed by atoms with E-state index in [-0.39, 0.29) is 0 Å². The zero-order valence-electron chi connectivity index (χ0n) is 13.8. The monoisotopic (exact) mass is 302 g/mol. The first-order chi connectivity index (χ1) is 10.8. The molecule has 0 aliphatic carbocycles. The lowest BCUT2D eigenvalue weighted by atomic mass is 9.99. The van der Waals surface area contributed by atoms with E-state index in [1.807, 2.05) is 0 Å². The van der Waals surface area contributed by atoms with Crippen LogP contribution < -0.4 is 5.32 Å². The fourth-order valence-electron chi connectivity index (χ4n) is 3.66. The van der Waals surface area contributed by atoms with Gasteiger partial charge in [-0.2, -0.15) is 0 Å². The van der Waals surface area contributed by atoms with Gasteiger partial charge in [0.05, 0.1) is 6.61 Å². The van der Waals surface area contributed by atoms with Crippen LogP contribution in [0.25, 0.3) is 0 Å². The van der Waals surface area contributed by atoms with E-state index in [0.717, 1.165) is 25.7 Å². The van der Waals surface area contributed by atoms with Crippen LogP contribution in [0.1, 0.15) is 37.7 Å². The Labute approximate surface area is 135 Å². The highest BCUT2D eigenvalue weighted by molar-refractivity contribution is 5.19. The summed E-state index contributed by atoms with van der Waals surface area (Å²) >= 11 is 0. The maximum Gasteiger partial charge on any atom is 0.0507 e. The summed E-state index contributed by atoms with van der Waals surface area (Å²) in [5.74, 6) is 1.37. The fraction of sp³-hybridized carbons (Fsp3) is 0.684. The van der Waals surface area contributed by atoms with Crippen molar-refractivity contribution in [3.63, 3.8) is 0 Å². The topological polar surface area (TPSA) is 24.5 Å². The highest BCUT2D eigenvalue weighted by atomic mass is 16.5. The molecule has 2 saturated heterocycles. The predicted molar refractivity (Wildman–Crippen MR) is 91.2 cm³/mol. The number of hydrogen-bond acceptors (Lipinski definition) is 3. The Hall–Kier alpha value is -0.900. The van der Waals surface area contributed by atoms with Gasteiger partial charge in [-0.15, -0.1) is 0 Å². The van der Waals surface area contributed by atoms with Crippen LogP contribution in [0, 0.1) is 5.92 Å². The molecule has 0 saturated carbocycles. The quantitative estimate of drug-likeness (QED) is 0.874. The van der Waals surface area contributed by atoms with Gasteiger partial charge in [0.15, 0.2) is 0 Å². The summed E-state index contributed by atoms with van der Waals surface area (Å²) in [5, 5.41) is 3.78. The van der Waals surface area contributed by atoms with Crippen molar-refractivity contribution in [3.05, 3.63) is 35.9 Å². The zero-order chi connectivity index (χ0) is 15.2. The summed E-state index contributed by atoms with van der Waals surface area (Å²) in [6.45, 7) is 9.09. The van der Waals surface area contributed by atoms with Crippen LogP contribution in [-0.4, -0.2) is 50.3 Å². The van der Waals surface area contributed by atoms with Gasteiger partial charge < -0.3 is 15.0 Å². The zero-order valence-corrected chi connectivity index (χ0v) is 13.8. The number of likely N-dealkylation sites (tertiary alicyclic amines) is 1. The Kier molecular flexibility index (Phi) is 5.88. The van der Waals surface area contributed by atoms with Crippen LogP contribution in [-0.2, 0) is 4.74 Å². The molecule has 3 heteroatoms. The van der Waals surface area contributed by atoms with E-state index in [9.17, 15) is 0 Å². The van der Waals surface area contributed by atoms with Crippen LogP contribution in [0.3, 0.4) is 0 Å². The molecule has 122 valence electrons. The molecule has 0 amide bonds. The van der Waals surface area contributed by atoms with Crippen LogP contribution >= 0.6 is 0 Å². The molecule has 0 spiro atoms. The van der Waals surface area contributed by atoms with Crippen molar-refractivity contribution in [2.45, 2.75) is 38.1 Å². The second kappa shape index (κ2) is 8.09. The second-order valence-electron chi connectivity index (χ2n) is 7.02. The Bertz CT molecular complexity index is 422. The molecule has 0 aromatic heterocycles. The SMILES string of the molecule is C[C@H](CNC1CCN(C[C@H]2CCOC2)CC1)c1ccccc1. The number of piperidine rings is 1. The van der Waals surface area contributed by atoms with Gasteiger partial charge in [-0.3, -0.25) is 0 Å². The van der Waals surface area contributed by atoms with E-state index in [1.165, 1.54) is 44.5 Å². The van der Waals surface area contributed by atoms with Crippen molar-refractivity contribution in [2.75, 3.05) is 39.4 Å². The smallest absolute Gasteiger partial charge is 0.0507 e. The van der Waals surface area contributed by atoms with E-state index in [1.54, 1.807) is 0 Å². The van der Waals surface area contributed by atoms with Crippen LogP contribution in [0.15, 0.2) is 30.3 Å². The van der Waals surface area contributed by atoms with Crippen LogP contribution in [0.2, 0.25) is 0 Å². The number of nitrogens with one attached hydrogen (secondary N) is 1. The largest absolute Gasteiger partial charge is 0.381 e. The van der Waals surface area contributed by atoms with E-state index in [0.29, 0.717) is 12.0 Å². The van der Waals surface area contributed by atoms with Gasteiger partial charge in [0.25, 0.3) is 0 Å². The second-order valence-corrected chi connectivity index (χ2v) is 7.02. The molecule has 2 atom stereocenters. The first-order valence-corrected chi connectivity index (χ1v) is 8.89. The maximum atomic E-state index is 5.49. The molecule has 0 bridgehead atoms. The van der Waals surface area contributed by atoms with Crippen molar-refractivity contribution in [1.82, 2.24) is 10.2 Å². The molecule has 2 aliphatic heterocycles. The lowest BCUT2D eigenvalue weighted by Crippen LogP contribution is -2.44. The standard InChI is InChI=1S/C19H30N2O/c1-16(18-5-3-2-4-6-18)13-20-19-7-10-21(11-8-19)14-17-9-12-22-15-17/h2-6,16-17,19-20H,7-15H2,1H3/t16-,17-/m1/s1. The molecule has 0 radical (unpaired) electrons. The van der Waals surface area contributed by atoms with Gasteiger partial charge >= 0.3 is 0 Å². The van der Waals surface area contributed by atoms with Crippen molar-refractivity contribution in [3.8, 4) is 0 Å². The molecular formula is C19H30N2O. The van der Waals surface area contributed by atoms with E-state index in [4.69, 9.17) is 4.74 Å². The van der Waals surface area contributed by atoms with Crippen molar-refractivity contribution >= 4 is 0 Å². The Morgan fingerprint density at radius 1 is 1.18 bits per heavy atom. The molecule has 0 unspecified atom stereocenters. The summed E-state index contributed by atoms with van der Waals surface area (Å²) in [6.07, 6.45) is 3.83. The minimum absolute atomic E-state index is 0.592. The average Bonchev–Trinajstić information content (AvgIpc) is 3.08. The molecule has 3 nitrogen and oxygen atoms in total. The fourth-order valence-corrected chi connectivity index (χ4v) is 3.66. The lowest BCUT2D eigenvalue weighted by Gasteiger charge is -2.34. The molecule has 1 N–H and O–H groups in total. The van der Waals surface area contributed by atoms with Crippen molar-refractivity contribution < 1.29 is 4.74 Å². The Balaban J connectivity index is 1.35. The molecule has 2 fully saturated rings. The first-order valence-electron chi connectivity index (χ1n) is 8.89. The van der Waals surface area contributed by atoms with E-state index < -0.39 is 0 Å². The summed E-state index contributed by atoms with van der Waals surface area (Å²) in [7, 11) is 0. The third-order valence-electron chi connectivity index (χ3n) is 5.21. The highest BCUT2D eigenvalue weighted by Crippen LogP contribution is 2.19. The number of rotatable bonds is 6. The minimum Gasteiger partial charge on any atom is -0.381 e. The first kappa shape index (κ1) is 16.0.